The van der Waals surface area contributed by atoms with Gasteiger partial charge in [-0.2, -0.15) is 0 Å². The summed E-state index contributed by atoms with van der Waals surface area (Å²) in [5.41, 5.74) is 2.00. The fourth-order valence-electron chi connectivity index (χ4n) is 2.91. The van der Waals surface area contributed by atoms with E-state index in [4.69, 9.17) is 4.74 Å². The molecule has 132 valence electrons. The Labute approximate surface area is 156 Å². The van der Waals surface area contributed by atoms with E-state index in [2.05, 4.69) is 43.2 Å². The monoisotopic (exact) mass is 403 g/mol. The summed E-state index contributed by atoms with van der Waals surface area (Å²) in [7, 11) is 1.67. The van der Waals surface area contributed by atoms with Crippen LogP contribution in [0, 0.1) is 0 Å². The van der Waals surface area contributed by atoms with E-state index < -0.39 is 0 Å². The van der Waals surface area contributed by atoms with Gasteiger partial charge in [-0.3, -0.25) is 9.69 Å². The third kappa shape index (κ3) is 4.74. The number of nitrogens with zero attached hydrogens (tertiary/aromatic N) is 2. The molecule has 1 aliphatic heterocycles. The van der Waals surface area contributed by atoms with Crippen LogP contribution in [-0.2, 0) is 4.79 Å². The average molecular weight is 404 g/mol. The van der Waals surface area contributed by atoms with Crippen LogP contribution >= 0.6 is 15.9 Å². The summed E-state index contributed by atoms with van der Waals surface area (Å²) >= 11 is 3.45. The Balaban J connectivity index is 1.48. The lowest BCUT2D eigenvalue weighted by Gasteiger charge is -2.35. The second-order valence-electron chi connectivity index (χ2n) is 5.99. The maximum atomic E-state index is 12.3. The van der Waals surface area contributed by atoms with E-state index in [1.807, 2.05) is 36.4 Å². The van der Waals surface area contributed by atoms with E-state index in [1.54, 1.807) is 7.11 Å². The highest BCUT2D eigenvalue weighted by atomic mass is 79.9. The van der Waals surface area contributed by atoms with Crippen LogP contribution < -0.4 is 15.0 Å². The SMILES string of the molecule is COc1ccc(N2CCN(CC(=O)Nc3ccccc3Br)CC2)cc1. The van der Waals surface area contributed by atoms with Crippen molar-refractivity contribution < 1.29 is 9.53 Å². The van der Waals surface area contributed by atoms with Crippen molar-refractivity contribution in [1.82, 2.24) is 4.90 Å². The number of hydrogen-bond acceptors (Lipinski definition) is 4. The highest BCUT2D eigenvalue weighted by Gasteiger charge is 2.19. The first-order valence-electron chi connectivity index (χ1n) is 8.31. The van der Waals surface area contributed by atoms with Crippen molar-refractivity contribution in [1.29, 1.82) is 0 Å². The number of anilines is 2. The summed E-state index contributed by atoms with van der Waals surface area (Å²) in [5, 5.41) is 2.96. The number of para-hydroxylation sites is 1. The largest absolute Gasteiger partial charge is 0.497 e. The Bertz CT molecular complexity index is 713. The van der Waals surface area contributed by atoms with Crippen LogP contribution in [0.2, 0.25) is 0 Å². The average Bonchev–Trinajstić information content (AvgIpc) is 2.64. The Morgan fingerprint density at radius 1 is 1.08 bits per heavy atom. The molecule has 2 aromatic rings. The van der Waals surface area contributed by atoms with Gasteiger partial charge < -0.3 is 15.0 Å². The van der Waals surface area contributed by atoms with E-state index in [-0.39, 0.29) is 5.91 Å². The van der Waals surface area contributed by atoms with Gasteiger partial charge in [-0.1, -0.05) is 12.1 Å². The van der Waals surface area contributed by atoms with Gasteiger partial charge in [-0.15, -0.1) is 0 Å². The molecule has 0 aromatic heterocycles. The van der Waals surface area contributed by atoms with Crippen LogP contribution in [-0.4, -0.2) is 50.6 Å². The van der Waals surface area contributed by atoms with Crippen LogP contribution in [0.25, 0.3) is 0 Å². The molecule has 1 N–H and O–H groups in total. The lowest BCUT2D eigenvalue weighted by molar-refractivity contribution is -0.117. The number of carbonyl (C=O) groups is 1. The third-order valence-corrected chi connectivity index (χ3v) is 5.02. The first kappa shape index (κ1) is 17.8. The highest BCUT2D eigenvalue weighted by Crippen LogP contribution is 2.22. The zero-order valence-corrected chi connectivity index (χ0v) is 15.8. The van der Waals surface area contributed by atoms with Gasteiger partial charge in [0.05, 0.1) is 19.3 Å². The molecule has 6 heteroatoms. The molecule has 0 aliphatic carbocycles. The number of halogens is 1. The molecule has 2 aromatic carbocycles. The van der Waals surface area contributed by atoms with Gasteiger partial charge >= 0.3 is 0 Å². The van der Waals surface area contributed by atoms with Gasteiger partial charge in [0.25, 0.3) is 0 Å². The topological polar surface area (TPSA) is 44.8 Å². The van der Waals surface area contributed by atoms with Gasteiger partial charge in [-0.05, 0) is 52.3 Å². The molecule has 1 heterocycles. The molecule has 0 unspecified atom stereocenters. The predicted octanol–water partition coefficient (Wildman–Crippen LogP) is 3.22. The summed E-state index contributed by atoms with van der Waals surface area (Å²) in [6.07, 6.45) is 0. The molecule has 0 bridgehead atoms. The Kier molecular flexibility index (Phi) is 5.94. The number of ether oxygens (including phenoxy) is 1. The van der Waals surface area contributed by atoms with Crippen LogP contribution in [0.4, 0.5) is 11.4 Å². The normalized spacial score (nSPS) is 15.0. The molecule has 0 radical (unpaired) electrons. The molecule has 0 spiro atoms. The molecule has 1 amide bonds. The lowest BCUT2D eigenvalue weighted by Crippen LogP contribution is -2.48. The summed E-state index contributed by atoms with van der Waals surface area (Å²) in [4.78, 5) is 16.8. The van der Waals surface area contributed by atoms with Crippen molar-refractivity contribution >= 4 is 33.2 Å². The quantitative estimate of drug-likeness (QED) is 0.832. The first-order valence-corrected chi connectivity index (χ1v) is 9.11. The fraction of sp³-hybridized carbons (Fsp3) is 0.316. The predicted molar refractivity (Wildman–Crippen MR) is 104 cm³/mol. The Hall–Kier alpha value is -2.05. The molecule has 1 fully saturated rings. The molecular weight excluding hydrogens is 382 g/mol. The first-order chi connectivity index (χ1) is 12.2. The van der Waals surface area contributed by atoms with Gasteiger partial charge in [-0.25, -0.2) is 0 Å². The van der Waals surface area contributed by atoms with Crippen molar-refractivity contribution in [2.75, 3.05) is 50.1 Å². The molecular formula is C19H22BrN3O2. The van der Waals surface area contributed by atoms with E-state index >= 15 is 0 Å². The van der Waals surface area contributed by atoms with Gasteiger partial charge in [0.15, 0.2) is 0 Å². The number of hydrogen-bond donors (Lipinski definition) is 1. The third-order valence-electron chi connectivity index (χ3n) is 4.33. The minimum Gasteiger partial charge on any atom is -0.497 e. The van der Waals surface area contributed by atoms with Crippen molar-refractivity contribution in [2.45, 2.75) is 0 Å². The number of rotatable bonds is 5. The van der Waals surface area contributed by atoms with E-state index in [9.17, 15) is 4.79 Å². The molecule has 1 aliphatic rings. The van der Waals surface area contributed by atoms with Crippen molar-refractivity contribution in [2.24, 2.45) is 0 Å². The standard InChI is InChI=1S/C19H22BrN3O2/c1-25-16-8-6-15(7-9-16)23-12-10-22(11-13-23)14-19(24)21-18-5-3-2-4-17(18)20/h2-9H,10-14H2,1H3,(H,21,24). The van der Waals surface area contributed by atoms with Crippen molar-refractivity contribution in [3.63, 3.8) is 0 Å². The van der Waals surface area contributed by atoms with E-state index in [0.717, 1.165) is 42.1 Å². The summed E-state index contributed by atoms with van der Waals surface area (Å²) in [5.74, 6) is 0.885. The van der Waals surface area contributed by atoms with Crippen molar-refractivity contribution in [3.05, 3.63) is 53.0 Å². The molecule has 3 rings (SSSR count). The highest BCUT2D eigenvalue weighted by molar-refractivity contribution is 9.10. The minimum absolute atomic E-state index is 0.0183. The van der Waals surface area contributed by atoms with Crippen LogP contribution in [0.15, 0.2) is 53.0 Å². The molecule has 1 saturated heterocycles. The molecule has 25 heavy (non-hydrogen) atoms. The number of carbonyl (C=O) groups excluding carboxylic acids is 1. The van der Waals surface area contributed by atoms with Crippen molar-refractivity contribution in [3.8, 4) is 5.75 Å². The molecule has 0 saturated carbocycles. The molecule has 0 atom stereocenters. The second-order valence-corrected chi connectivity index (χ2v) is 6.84. The zero-order valence-electron chi connectivity index (χ0n) is 14.2. The van der Waals surface area contributed by atoms with Gasteiger partial charge in [0.2, 0.25) is 5.91 Å². The summed E-state index contributed by atoms with van der Waals surface area (Å²) < 4.78 is 6.10. The fourth-order valence-corrected chi connectivity index (χ4v) is 3.30. The van der Waals surface area contributed by atoms with Gasteiger partial charge in [0, 0.05) is 36.3 Å². The van der Waals surface area contributed by atoms with Crippen LogP contribution in [0.3, 0.4) is 0 Å². The second kappa shape index (κ2) is 8.36. The minimum atomic E-state index is 0.0183. The lowest BCUT2D eigenvalue weighted by atomic mass is 10.2. The van der Waals surface area contributed by atoms with Crippen LogP contribution in [0.1, 0.15) is 0 Å². The maximum absolute atomic E-state index is 12.3. The molecule has 5 nitrogen and oxygen atoms in total. The number of methoxy groups -OCH3 is 1. The number of piperazine rings is 1. The van der Waals surface area contributed by atoms with Crippen LogP contribution in [0.5, 0.6) is 5.75 Å². The Morgan fingerprint density at radius 2 is 1.76 bits per heavy atom. The Morgan fingerprint density at radius 3 is 2.40 bits per heavy atom. The van der Waals surface area contributed by atoms with E-state index in [1.165, 1.54) is 5.69 Å². The smallest absolute Gasteiger partial charge is 0.238 e. The number of amides is 1. The number of nitrogens with one attached hydrogen (secondary N) is 1. The van der Waals surface area contributed by atoms with E-state index in [0.29, 0.717) is 6.54 Å². The summed E-state index contributed by atoms with van der Waals surface area (Å²) in [6, 6.07) is 15.8. The van der Waals surface area contributed by atoms with Gasteiger partial charge in [0.1, 0.15) is 5.75 Å². The number of benzene rings is 2. The maximum Gasteiger partial charge on any atom is 0.238 e. The zero-order chi connectivity index (χ0) is 17.6. The summed E-state index contributed by atoms with van der Waals surface area (Å²) in [6.45, 7) is 3.98.